The predicted octanol–water partition coefficient (Wildman–Crippen LogP) is 1.22. The Kier molecular flexibility index (Phi) is 11.9. The second kappa shape index (κ2) is 15.4. The highest BCUT2D eigenvalue weighted by Crippen LogP contribution is 2.28. The smallest absolute Gasteiger partial charge is 0.305 e. The van der Waals surface area contributed by atoms with Gasteiger partial charge in [0.2, 0.25) is 17.8 Å². The Morgan fingerprint density at radius 1 is 1.05 bits per heavy atom. The van der Waals surface area contributed by atoms with Crippen LogP contribution in [0.1, 0.15) is 77.0 Å². The van der Waals surface area contributed by atoms with Crippen LogP contribution in [0.2, 0.25) is 0 Å². The molecule has 37 heavy (non-hydrogen) atoms. The molecule has 1 heterocycles. The molecule has 1 saturated heterocycles. The van der Waals surface area contributed by atoms with Crippen LogP contribution in [-0.4, -0.2) is 67.1 Å². The molecule has 0 aromatic heterocycles. The predicted molar refractivity (Wildman–Crippen MR) is 139 cm³/mol. The maximum absolute atomic E-state index is 12.8. The monoisotopic (exact) mass is 517 g/mol. The van der Waals surface area contributed by atoms with Crippen molar-refractivity contribution in [2.45, 2.75) is 89.1 Å². The lowest BCUT2D eigenvalue weighted by molar-refractivity contribution is -0.138. The van der Waals surface area contributed by atoms with E-state index in [1.165, 1.54) is 0 Å². The number of nitriles is 1. The van der Waals surface area contributed by atoms with E-state index in [4.69, 9.17) is 5.26 Å². The summed E-state index contributed by atoms with van der Waals surface area (Å²) in [6, 6.07) is -0.395. The molecule has 1 aliphatic heterocycles. The average molecular weight is 518 g/mol. The minimum Gasteiger partial charge on any atom is -0.481 e. The summed E-state index contributed by atoms with van der Waals surface area (Å²) in [5, 5.41) is 33.3. The van der Waals surface area contributed by atoms with Crippen LogP contribution >= 0.6 is 0 Å². The molecule has 4 unspecified atom stereocenters. The Morgan fingerprint density at radius 2 is 1.86 bits per heavy atom. The molecule has 3 rings (SSSR count). The lowest BCUT2D eigenvalue weighted by Gasteiger charge is -2.31. The van der Waals surface area contributed by atoms with Gasteiger partial charge in [-0.15, -0.1) is 0 Å². The number of rotatable bonds is 10. The number of piperidine rings is 1. The van der Waals surface area contributed by atoms with Crippen LogP contribution in [0.4, 0.5) is 0 Å². The third-order valence-corrected chi connectivity index (χ3v) is 7.85. The van der Waals surface area contributed by atoms with Gasteiger partial charge in [0.25, 0.3) is 0 Å². The number of hydrogen-bond donors (Lipinski definition) is 6. The zero-order valence-electron chi connectivity index (χ0n) is 21.8. The van der Waals surface area contributed by atoms with Crippen LogP contribution in [0.5, 0.6) is 0 Å². The Morgan fingerprint density at radius 3 is 2.57 bits per heavy atom. The van der Waals surface area contributed by atoms with Crippen molar-refractivity contribution < 1.29 is 19.5 Å². The molecule has 0 aromatic rings. The van der Waals surface area contributed by atoms with Crippen molar-refractivity contribution in [2.75, 3.05) is 26.2 Å². The van der Waals surface area contributed by atoms with E-state index in [-0.39, 0.29) is 42.7 Å². The van der Waals surface area contributed by atoms with Crippen LogP contribution in [0.15, 0.2) is 4.99 Å². The number of hydrogen-bond acceptors (Lipinski definition) is 6. The quantitative estimate of drug-likeness (QED) is 0.109. The number of carboxylic acids is 1. The molecule has 0 spiro atoms. The third-order valence-electron chi connectivity index (χ3n) is 7.85. The van der Waals surface area contributed by atoms with E-state index < -0.39 is 12.0 Å². The summed E-state index contributed by atoms with van der Waals surface area (Å²) in [6.45, 7) is 2.45. The molecule has 206 valence electrons. The minimum absolute atomic E-state index is 0.00801. The van der Waals surface area contributed by atoms with Gasteiger partial charge >= 0.3 is 5.97 Å². The van der Waals surface area contributed by atoms with Crippen molar-refractivity contribution in [3.05, 3.63) is 0 Å². The molecule has 0 aromatic carbocycles. The highest BCUT2D eigenvalue weighted by atomic mass is 16.4. The Hall–Kier alpha value is -2.87. The fourth-order valence-electron chi connectivity index (χ4n) is 5.86. The Balaban J connectivity index is 1.45. The van der Waals surface area contributed by atoms with E-state index in [2.05, 4.69) is 31.6 Å². The first kappa shape index (κ1) is 28.7. The van der Waals surface area contributed by atoms with E-state index in [1.54, 1.807) is 0 Å². The number of aliphatic imine (C=N–C) groups is 1. The summed E-state index contributed by atoms with van der Waals surface area (Å²) in [6.07, 6.45) is 12.3. The fraction of sp³-hybridized carbons (Fsp3) is 0.808. The van der Waals surface area contributed by atoms with Crippen molar-refractivity contribution >= 4 is 23.7 Å². The molecule has 11 heteroatoms. The number of carboxylic acid groups (broad SMARTS) is 1. The summed E-state index contributed by atoms with van der Waals surface area (Å²) < 4.78 is 0. The van der Waals surface area contributed by atoms with Crippen molar-refractivity contribution in [1.29, 1.82) is 5.26 Å². The van der Waals surface area contributed by atoms with E-state index in [9.17, 15) is 19.5 Å². The van der Waals surface area contributed by atoms with E-state index in [1.807, 2.05) is 6.19 Å². The number of amides is 2. The maximum Gasteiger partial charge on any atom is 0.305 e. The molecule has 2 aliphatic carbocycles. The second-order valence-corrected chi connectivity index (χ2v) is 10.7. The molecule has 0 bridgehead atoms. The zero-order chi connectivity index (χ0) is 26.5. The standard InChI is InChI=1S/C26H43N7O4/c27-17-31-26(30-15-18-6-5-11-28-14-18)32-21-10-4-9-20(12-21)25(37)29-16-23(34)33-22(13-24(35)36)19-7-2-1-3-8-19/h18-22,28H,1-16H2,(H,29,37)(H,33,34)(H,35,36)(H2,30,31,32). The summed E-state index contributed by atoms with van der Waals surface area (Å²) in [7, 11) is 0. The summed E-state index contributed by atoms with van der Waals surface area (Å²) in [5.41, 5.74) is 0. The van der Waals surface area contributed by atoms with Crippen LogP contribution in [0.3, 0.4) is 0 Å². The number of carbonyl (C=O) groups is 3. The Labute approximate surface area is 219 Å². The normalized spacial score (nSPS) is 25.8. The van der Waals surface area contributed by atoms with E-state index in [0.717, 1.165) is 77.3 Å². The van der Waals surface area contributed by atoms with Crippen molar-refractivity contribution in [3.8, 4) is 6.19 Å². The minimum atomic E-state index is -0.926. The third kappa shape index (κ3) is 10.2. The first-order chi connectivity index (χ1) is 17.9. The van der Waals surface area contributed by atoms with Gasteiger partial charge in [-0.3, -0.25) is 24.7 Å². The van der Waals surface area contributed by atoms with Crippen molar-refractivity contribution in [1.82, 2.24) is 26.6 Å². The van der Waals surface area contributed by atoms with Gasteiger partial charge in [-0.2, -0.15) is 5.26 Å². The van der Waals surface area contributed by atoms with Gasteiger partial charge < -0.3 is 26.4 Å². The summed E-state index contributed by atoms with van der Waals surface area (Å²) >= 11 is 0. The zero-order valence-corrected chi connectivity index (χ0v) is 21.8. The largest absolute Gasteiger partial charge is 0.481 e. The number of nitrogens with zero attached hydrogens (tertiary/aromatic N) is 2. The lowest BCUT2D eigenvalue weighted by atomic mass is 9.82. The topological polar surface area (TPSA) is 168 Å². The lowest BCUT2D eigenvalue weighted by Crippen LogP contribution is -2.49. The Bertz CT molecular complexity index is 831. The molecule has 4 atom stereocenters. The van der Waals surface area contributed by atoms with Gasteiger partial charge in [-0.05, 0) is 69.9 Å². The molecular weight excluding hydrogens is 474 g/mol. The van der Waals surface area contributed by atoms with Crippen molar-refractivity contribution in [3.63, 3.8) is 0 Å². The maximum atomic E-state index is 12.8. The molecular formula is C26H43N7O4. The highest BCUT2D eigenvalue weighted by Gasteiger charge is 2.30. The molecule has 2 saturated carbocycles. The number of carbonyl (C=O) groups excluding carboxylic acids is 2. The van der Waals surface area contributed by atoms with Gasteiger partial charge in [0, 0.05) is 24.5 Å². The highest BCUT2D eigenvalue weighted by molar-refractivity contribution is 5.86. The van der Waals surface area contributed by atoms with E-state index >= 15 is 0 Å². The molecule has 3 aliphatic rings. The molecule has 6 N–H and O–H groups in total. The van der Waals surface area contributed by atoms with Crippen LogP contribution in [0.25, 0.3) is 0 Å². The van der Waals surface area contributed by atoms with Gasteiger partial charge in [0.05, 0.1) is 13.0 Å². The van der Waals surface area contributed by atoms with Gasteiger partial charge in [0.1, 0.15) is 0 Å². The van der Waals surface area contributed by atoms with Crippen LogP contribution < -0.4 is 26.6 Å². The summed E-state index contributed by atoms with van der Waals surface area (Å²) in [4.78, 5) is 41.3. The second-order valence-electron chi connectivity index (χ2n) is 10.7. The molecule has 11 nitrogen and oxygen atoms in total. The van der Waals surface area contributed by atoms with Crippen molar-refractivity contribution in [2.24, 2.45) is 22.7 Å². The molecule has 0 radical (unpaired) electrons. The average Bonchev–Trinajstić information content (AvgIpc) is 2.91. The number of aliphatic carboxylic acids is 1. The first-order valence-corrected chi connectivity index (χ1v) is 13.9. The molecule has 2 amide bonds. The fourth-order valence-corrected chi connectivity index (χ4v) is 5.86. The summed E-state index contributed by atoms with van der Waals surface area (Å²) in [5.74, 6) is -0.611. The van der Waals surface area contributed by atoms with Gasteiger partial charge in [-0.1, -0.05) is 25.7 Å². The van der Waals surface area contributed by atoms with Gasteiger partial charge in [-0.25, -0.2) is 0 Å². The first-order valence-electron chi connectivity index (χ1n) is 13.9. The van der Waals surface area contributed by atoms with E-state index in [0.29, 0.717) is 24.8 Å². The number of guanidine groups is 1. The van der Waals surface area contributed by atoms with Crippen LogP contribution in [-0.2, 0) is 14.4 Å². The van der Waals surface area contributed by atoms with Crippen LogP contribution in [0, 0.1) is 29.2 Å². The number of nitrogens with one attached hydrogen (secondary N) is 5. The van der Waals surface area contributed by atoms with Gasteiger partial charge in [0.15, 0.2) is 6.19 Å². The molecule has 3 fully saturated rings. The SMILES string of the molecule is N#CNC(=NCC1CCCNC1)NC1CCCC(C(=O)NCC(=O)NC(CC(=O)O)C2CCCCC2)C1.